The summed E-state index contributed by atoms with van der Waals surface area (Å²) >= 11 is 0. The first-order valence-corrected chi connectivity index (χ1v) is 11.2. The van der Waals surface area contributed by atoms with Gasteiger partial charge in [0.2, 0.25) is 0 Å². The molecule has 0 aliphatic carbocycles. The minimum absolute atomic E-state index is 0.0184. The van der Waals surface area contributed by atoms with Crippen molar-refractivity contribution in [1.29, 1.82) is 0 Å². The van der Waals surface area contributed by atoms with Crippen molar-refractivity contribution in [1.82, 2.24) is 5.32 Å². The van der Waals surface area contributed by atoms with Crippen molar-refractivity contribution in [2.75, 3.05) is 25.2 Å². The minimum atomic E-state index is -2.94. The van der Waals surface area contributed by atoms with Gasteiger partial charge in [-0.2, -0.15) is 0 Å². The van der Waals surface area contributed by atoms with Crippen LogP contribution in [0.15, 0.2) is 30.3 Å². The highest BCUT2D eigenvalue weighted by Crippen LogP contribution is 2.41. The molecule has 0 amide bonds. The number of ether oxygens (including phenoxy) is 1. The molecule has 0 bridgehead atoms. The number of benzene rings is 2. The molecule has 2 N–H and O–H groups in total. The lowest BCUT2D eigenvalue weighted by atomic mass is 9.89. The highest BCUT2D eigenvalue weighted by molar-refractivity contribution is 7.90. The number of aryl methyl sites for hydroxylation is 1. The van der Waals surface area contributed by atoms with Gasteiger partial charge in [-0.25, -0.2) is 8.42 Å². The lowest BCUT2D eigenvalue weighted by Crippen LogP contribution is -2.25. The van der Waals surface area contributed by atoms with Gasteiger partial charge in [-0.15, -0.1) is 0 Å². The first-order chi connectivity index (χ1) is 12.8. The monoisotopic (exact) mass is 389 g/mol. The Hall–Kier alpha value is -1.89. The normalized spacial score (nSPS) is 16.2. The van der Waals surface area contributed by atoms with Crippen LogP contribution in [0.2, 0.25) is 0 Å². The SMILES string of the molecule is Cc1cc2c(c(C)c1-c1cccc(CO)c1)C(NCCCS(C)(=O)=O)CO2. The second-order valence-electron chi connectivity index (χ2n) is 7.26. The van der Waals surface area contributed by atoms with Crippen molar-refractivity contribution in [3.8, 4) is 16.9 Å². The molecule has 2 aromatic rings. The fourth-order valence-electron chi connectivity index (χ4n) is 3.81. The lowest BCUT2D eigenvalue weighted by molar-refractivity contribution is 0.282. The van der Waals surface area contributed by atoms with Crippen LogP contribution in [0.5, 0.6) is 5.75 Å². The quantitative estimate of drug-likeness (QED) is 0.712. The van der Waals surface area contributed by atoms with Gasteiger partial charge in [0, 0.05) is 11.8 Å². The van der Waals surface area contributed by atoms with Crippen molar-refractivity contribution < 1.29 is 18.3 Å². The molecular formula is C21H27NO4S. The Kier molecular flexibility index (Phi) is 5.89. The zero-order valence-corrected chi connectivity index (χ0v) is 16.9. The molecule has 1 unspecified atom stereocenters. The van der Waals surface area contributed by atoms with Crippen molar-refractivity contribution >= 4 is 9.84 Å². The predicted molar refractivity (Wildman–Crippen MR) is 108 cm³/mol. The smallest absolute Gasteiger partial charge is 0.147 e. The molecule has 1 atom stereocenters. The number of aliphatic hydroxyl groups is 1. The summed E-state index contributed by atoms with van der Waals surface area (Å²) in [5.41, 5.74) is 6.58. The van der Waals surface area contributed by atoms with Crippen LogP contribution in [0.25, 0.3) is 11.1 Å². The van der Waals surface area contributed by atoms with Crippen LogP contribution in [0.3, 0.4) is 0 Å². The van der Waals surface area contributed by atoms with E-state index in [1.807, 2.05) is 18.2 Å². The van der Waals surface area contributed by atoms with Crippen molar-refractivity contribution in [3.05, 3.63) is 52.6 Å². The van der Waals surface area contributed by atoms with Gasteiger partial charge < -0.3 is 15.2 Å². The third kappa shape index (κ3) is 4.51. The second kappa shape index (κ2) is 8.00. The molecule has 0 fully saturated rings. The summed E-state index contributed by atoms with van der Waals surface area (Å²) in [5, 5.41) is 12.9. The zero-order valence-electron chi connectivity index (χ0n) is 16.1. The van der Waals surface area contributed by atoms with Gasteiger partial charge in [0.25, 0.3) is 0 Å². The predicted octanol–water partition coefficient (Wildman–Crippen LogP) is 2.92. The molecule has 1 heterocycles. The first-order valence-electron chi connectivity index (χ1n) is 9.18. The summed E-state index contributed by atoms with van der Waals surface area (Å²) in [4.78, 5) is 0. The first kappa shape index (κ1) is 19.9. The minimum Gasteiger partial charge on any atom is -0.491 e. The average Bonchev–Trinajstić information content (AvgIpc) is 3.01. The Morgan fingerprint density at radius 2 is 2.04 bits per heavy atom. The Labute approximate surface area is 161 Å². The van der Waals surface area contributed by atoms with Crippen LogP contribution in [0.4, 0.5) is 0 Å². The van der Waals surface area contributed by atoms with E-state index >= 15 is 0 Å². The molecule has 0 spiro atoms. The third-order valence-electron chi connectivity index (χ3n) is 5.02. The van der Waals surface area contributed by atoms with Gasteiger partial charge in [-0.3, -0.25) is 0 Å². The molecular weight excluding hydrogens is 362 g/mol. The molecule has 0 radical (unpaired) electrons. The van der Waals surface area contributed by atoms with E-state index < -0.39 is 9.84 Å². The molecule has 3 rings (SSSR count). The van der Waals surface area contributed by atoms with E-state index in [1.54, 1.807) is 0 Å². The van der Waals surface area contributed by atoms with Crippen LogP contribution < -0.4 is 10.1 Å². The molecule has 27 heavy (non-hydrogen) atoms. The van der Waals surface area contributed by atoms with Gasteiger partial charge in [0.05, 0.1) is 18.4 Å². The number of rotatable bonds is 7. The number of hydrogen-bond donors (Lipinski definition) is 2. The second-order valence-corrected chi connectivity index (χ2v) is 9.52. The average molecular weight is 390 g/mol. The van der Waals surface area contributed by atoms with Gasteiger partial charge in [-0.05, 0) is 66.8 Å². The molecule has 1 aliphatic heterocycles. The molecule has 146 valence electrons. The van der Waals surface area contributed by atoms with Crippen LogP contribution >= 0.6 is 0 Å². The van der Waals surface area contributed by atoms with Crippen LogP contribution in [0.1, 0.15) is 34.7 Å². The van der Waals surface area contributed by atoms with Gasteiger partial charge in [0.15, 0.2) is 0 Å². The van der Waals surface area contributed by atoms with Crippen LogP contribution in [0, 0.1) is 13.8 Å². The molecule has 6 heteroatoms. The van der Waals surface area contributed by atoms with Crippen molar-refractivity contribution in [3.63, 3.8) is 0 Å². The summed E-state index contributed by atoms with van der Waals surface area (Å²) in [5.74, 6) is 1.08. The maximum Gasteiger partial charge on any atom is 0.147 e. The fourth-order valence-corrected chi connectivity index (χ4v) is 4.48. The highest BCUT2D eigenvalue weighted by atomic mass is 32.2. The number of fused-ring (bicyclic) bond motifs is 1. The topological polar surface area (TPSA) is 75.6 Å². The van der Waals surface area contributed by atoms with Crippen LogP contribution in [-0.2, 0) is 16.4 Å². The summed E-state index contributed by atoms with van der Waals surface area (Å²) in [6.45, 7) is 5.37. The Bertz CT molecular complexity index is 937. The van der Waals surface area contributed by atoms with Crippen molar-refractivity contribution in [2.45, 2.75) is 32.9 Å². The zero-order chi connectivity index (χ0) is 19.6. The standard InChI is InChI=1S/C21H27NO4S/c1-14-10-19-21(18(13-26-19)22-8-5-9-27(3,24)25)15(2)20(14)17-7-4-6-16(11-17)12-23/h4,6-7,10-11,18,22-23H,5,8-9,12-13H2,1-3H3. The molecule has 5 nitrogen and oxygen atoms in total. The van der Waals surface area contributed by atoms with E-state index in [4.69, 9.17) is 4.74 Å². The Morgan fingerprint density at radius 1 is 1.26 bits per heavy atom. The van der Waals surface area contributed by atoms with Crippen LogP contribution in [-0.4, -0.2) is 38.7 Å². The molecule has 1 aliphatic rings. The number of sulfone groups is 1. The largest absolute Gasteiger partial charge is 0.491 e. The summed E-state index contributed by atoms with van der Waals surface area (Å²) in [6.07, 6.45) is 1.85. The van der Waals surface area contributed by atoms with E-state index in [-0.39, 0.29) is 18.4 Å². The van der Waals surface area contributed by atoms with E-state index in [2.05, 4.69) is 31.3 Å². The van der Waals surface area contributed by atoms with Gasteiger partial charge >= 0.3 is 0 Å². The maximum atomic E-state index is 11.3. The number of aliphatic hydroxyl groups excluding tert-OH is 1. The maximum absolute atomic E-state index is 11.3. The Morgan fingerprint density at radius 3 is 2.74 bits per heavy atom. The molecule has 2 aromatic carbocycles. The van der Waals surface area contributed by atoms with E-state index in [0.29, 0.717) is 19.6 Å². The summed E-state index contributed by atoms with van der Waals surface area (Å²) in [6, 6.07) is 10.1. The highest BCUT2D eigenvalue weighted by Gasteiger charge is 2.28. The Balaban J connectivity index is 1.87. The lowest BCUT2D eigenvalue weighted by Gasteiger charge is -2.18. The van der Waals surface area contributed by atoms with Gasteiger partial charge in [-0.1, -0.05) is 18.2 Å². The molecule has 0 aromatic heterocycles. The van der Waals surface area contributed by atoms with E-state index in [1.165, 1.54) is 11.8 Å². The number of nitrogens with one attached hydrogen (secondary N) is 1. The van der Waals surface area contributed by atoms with Crippen molar-refractivity contribution in [2.24, 2.45) is 0 Å². The molecule has 0 saturated heterocycles. The van der Waals surface area contributed by atoms with E-state index in [9.17, 15) is 13.5 Å². The number of hydrogen-bond acceptors (Lipinski definition) is 5. The van der Waals surface area contributed by atoms with E-state index in [0.717, 1.165) is 33.6 Å². The summed E-state index contributed by atoms with van der Waals surface area (Å²) < 4.78 is 28.5. The summed E-state index contributed by atoms with van der Waals surface area (Å²) in [7, 11) is -2.94. The fraction of sp³-hybridized carbons (Fsp3) is 0.429. The van der Waals surface area contributed by atoms with Gasteiger partial charge in [0.1, 0.15) is 22.2 Å². The molecule has 0 saturated carbocycles. The third-order valence-corrected chi connectivity index (χ3v) is 6.05.